The molecule has 0 atom stereocenters. The molecule has 6 heteroatoms. The zero-order chi connectivity index (χ0) is 10.6. The van der Waals surface area contributed by atoms with Gasteiger partial charge in [0.15, 0.2) is 0 Å². The Hall–Kier alpha value is -1.56. The van der Waals surface area contributed by atoms with Crippen LogP contribution in [0.3, 0.4) is 0 Å². The molecule has 0 spiro atoms. The van der Waals surface area contributed by atoms with Gasteiger partial charge in [-0.2, -0.15) is 0 Å². The van der Waals surface area contributed by atoms with Gasteiger partial charge in [-0.15, -0.1) is 0 Å². The van der Waals surface area contributed by atoms with Crippen molar-refractivity contribution in [3.63, 3.8) is 0 Å². The Balaban J connectivity index is 2.79. The molecule has 0 radical (unpaired) electrons. The lowest BCUT2D eigenvalue weighted by Gasteiger charge is -1.96. The number of H-pyrrole nitrogens is 1. The molecule has 1 heterocycles. The van der Waals surface area contributed by atoms with Gasteiger partial charge in [0.05, 0.1) is 18.9 Å². The molecule has 14 heavy (non-hydrogen) atoms. The van der Waals surface area contributed by atoms with Crippen molar-refractivity contribution in [2.75, 3.05) is 19.5 Å². The van der Waals surface area contributed by atoms with Gasteiger partial charge in [0.2, 0.25) is 5.82 Å². The number of nitrogen functional groups attached to an aromatic ring is 1. The van der Waals surface area contributed by atoms with Gasteiger partial charge in [0, 0.05) is 7.11 Å². The summed E-state index contributed by atoms with van der Waals surface area (Å²) in [6, 6.07) is 0. The standard InChI is InChI=1S/C8H13N3O3/c1-3-14-8(12)7-10-5(4-13-2)6(9)11-7/h3-4,9H2,1-2H3,(H,10,11). The van der Waals surface area contributed by atoms with Crippen LogP contribution in [-0.2, 0) is 16.1 Å². The number of aromatic nitrogens is 2. The number of nitrogens with one attached hydrogen (secondary N) is 1. The number of rotatable bonds is 4. The van der Waals surface area contributed by atoms with Gasteiger partial charge in [-0.1, -0.05) is 0 Å². The predicted octanol–water partition coefficient (Wildman–Crippen LogP) is 0.315. The van der Waals surface area contributed by atoms with Crippen molar-refractivity contribution >= 4 is 11.8 Å². The number of hydrogen-bond acceptors (Lipinski definition) is 5. The molecule has 0 aliphatic heterocycles. The van der Waals surface area contributed by atoms with E-state index in [1.807, 2.05) is 0 Å². The maximum Gasteiger partial charge on any atom is 0.374 e. The highest BCUT2D eigenvalue weighted by molar-refractivity contribution is 5.86. The molecule has 1 rings (SSSR count). The molecule has 1 aromatic rings. The van der Waals surface area contributed by atoms with Crippen LogP contribution in [0.15, 0.2) is 0 Å². The van der Waals surface area contributed by atoms with E-state index in [1.165, 1.54) is 7.11 Å². The third-order valence-electron chi connectivity index (χ3n) is 1.57. The Morgan fingerprint density at radius 3 is 2.93 bits per heavy atom. The van der Waals surface area contributed by atoms with Crippen LogP contribution in [0, 0.1) is 0 Å². The number of ether oxygens (including phenoxy) is 2. The molecule has 3 N–H and O–H groups in total. The van der Waals surface area contributed by atoms with Gasteiger partial charge in [-0.3, -0.25) is 0 Å². The smallest absolute Gasteiger partial charge is 0.374 e. The highest BCUT2D eigenvalue weighted by Crippen LogP contribution is 2.09. The Labute approximate surface area is 81.4 Å². The number of methoxy groups -OCH3 is 1. The normalized spacial score (nSPS) is 10.1. The second-order valence-electron chi connectivity index (χ2n) is 2.60. The first-order chi connectivity index (χ1) is 6.69. The van der Waals surface area contributed by atoms with Gasteiger partial charge < -0.3 is 20.2 Å². The minimum Gasteiger partial charge on any atom is -0.460 e. The fraction of sp³-hybridized carbons (Fsp3) is 0.500. The van der Waals surface area contributed by atoms with Crippen molar-refractivity contribution in [1.29, 1.82) is 0 Å². The van der Waals surface area contributed by atoms with Gasteiger partial charge in [0.1, 0.15) is 5.82 Å². The summed E-state index contributed by atoms with van der Waals surface area (Å²) in [6.45, 7) is 2.32. The van der Waals surface area contributed by atoms with Crippen LogP contribution in [0.5, 0.6) is 0 Å². The molecule has 78 valence electrons. The van der Waals surface area contributed by atoms with E-state index in [0.717, 1.165) is 0 Å². The molecule has 6 nitrogen and oxygen atoms in total. The molecule has 0 fully saturated rings. The number of carbonyl (C=O) groups excluding carboxylic acids is 1. The van der Waals surface area contributed by atoms with Crippen molar-refractivity contribution in [3.05, 3.63) is 11.5 Å². The summed E-state index contributed by atoms with van der Waals surface area (Å²) in [5.41, 5.74) is 6.11. The summed E-state index contributed by atoms with van der Waals surface area (Å²) < 4.78 is 9.60. The summed E-state index contributed by atoms with van der Waals surface area (Å²) in [6.07, 6.45) is 0. The summed E-state index contributed by atoms with van der Waals surface area (Å²) in [5, 5.41) is 0. The summed E-state index contributed by atoms with van der Waals surface area (Å²) in [7, 11) is 1.53. The van der Waals surface area contributed by atoms with E-state index in [4.69, 9.17) is 15.2 Å². The van der Waals surface area contributed by atoms with Crippen LogP contribution in [0.2, 0.25) is 0 Å². The topological polar surface area (TPSA) is 90.2 Å². The minimum atomic E-state index is -0.512. The average molecular weight is 199 g/mol. The van der Waals surface area contributed by atoms with Crippen LogP contribution in [0.25, 0.3) is 0 Å². The van der Waals surface area contributed by atoms with Gasteiger partial charge >= 0.3 is 5.97 Å². The maximum atomic E-state index is 11.2. The number of nitrogens with two attached hydrogens (primary N) is 1. The lowest BCUT2D eigenvalue weighted by molar-refractivity contribution is 0.0513. The molecular weight excluding hydrogens is 186 g/mol. The first-order valence-electron chi connectivity index (χ1n) is 4.19. The quantitative estimate of drug-likeness (QED) is 0.681. The number of nitrogens with zero attached hydrogens (tertiary/aromatic N) is 1. The van der Waals surface area contributed by atoms with E-state index >= 15 is 0 Å². The lowest BCUT2D eigenvalue weighted by atomic mass is 10.5. The highest BCUT2D eigenvalue weighted by atomic mass is 16.5. The Bertz CT molecular complexity index is 322. The van der Waals surface area contributed by atoms with Gasteiger partial charge in [0.25, 0.3) is 0 Å². The Morgan fingerprint density at radius 1 is 1.64 bits per heavy atom. The van der Waals surface area contributed by atoms with Gasteiger partial charge in [-0.05, 0) is 6.92 Å². The lowest BCUT2D eigenvalue weighted by Crippen LogP contribution is -2.06. The van der Waals surface area contributed by atoms with Crippen molar-refractivity contribution in [2.24, 2.45) is 0 Å². The molecule has 0 saturated carbocycles. The second-order valence-corrected chi connectivity index (χ2v) is 2.60. The van der Waals surface area contributed by atoms with Crippen LogP contribution in [-0.4, -0.2) is 29.7 Å². The van der Waals surface area contributed by atoms with Crippen LogP contribution in [0.1, 0.15) is 23.2 Å². The molecular formula is C8H13N3O3. The first-order valence-corrected chi connectivity index (χ1v) is 4.19. The van der Waals surface area contributed by atoms with Crippen LogP contribution < -0.4 is 5.73 Å². The van der Waals surface area contributed by atoms with Crippen LogP contribution in [0.4, 0.5) is 5.82 Å². The van der Waals surface area contributed by atoms with Crippen molar-refractivity contribution in [2.45, 2.75) is 13.5 Å². The maximum absolute atomic E-state index is 11.2. The monoisotopic (exact) mass is 199 g/mol. The van der Waals surface area contributed by atoms with Crippen LogP contribution >= 0.6 is 0 Å². The second kappa shape index (κ2) is 4.61. The van der Waals surface area contributed by atoms with E-state index < -0.39 is 5.97 Å². The van der Waals surface area contributed by atoms with E-state index in [1.54, 1.807) is 6.92 Å². The molecule has 0 aliphatic rings. The Morgan fingerprint density at radius 2 is 2.36 bits per heavy atom. The largest absolute Gasteiger partial charge is 0.460 e. The van der Waals surface area contributed by atoms with Crippen molar-refractivity contribution in [1.82, 2.24) is 9.97 Å². The number of imidazole rings is 1. The third kappa shape index (κ3) is 2.23. The number of hydrogen-bond donors (Lipinski definition) is 2. The summed E-state index contributed by atoms with van der Waals surface area (Å²) >= 11 is 0. The molecule has 0 bridgehead atoms. The molecule has 0 saturated heterocycles. The number of aromatic amines is 1. The van der Waals surface area contributed by atoms with E-state index in [0.29, 0.717) is 12.3 Å². The summed E-state index contributed by atoms with van der Waals surface area (Å²) in [4.78, 5) is 17.7. The van der Waals surface area contributed by atoms with E-state index in [9.17, 15) is 4.79 Å². The minimum absolute atomic E-state index is 0.108. The number of carbonyl (C=O) groups is 1. The number of anilines is 1. The SMILES string of the molecule is CCOC(=O)c1nc(N)c(COC)[nH]1. The van der Waals surface area contributed by atoms with E-state index in [2.05, 4.69) is 9.97 Å². The van der Waals surface area contributed by atoms with E-state index in [-0.39, 0.29) is 18.2 Å². The zero-order valence-corrected chi connectivity index (χ0v) is 8.16. The molecule has 0 amide bonds. The zero-order valence-electron chi connectivity index (χ0n) is 8.16. The third-order valence-corrected chi connectivity index (χ3v) is 1.57. The first kappa shape index (κ1) is 10.5. The van der Waals surface area contributed by atoms with Crippen molar-refractivity contribution in [3.8, 4) is 0 Å². The van der Waals surface area contributed by atoms with Crippen molar-refractivity contribution < 1.29 is 14.3 Å². The molecule has 0 aromatic carbocycles. The van der Waals surface area contributed by atoms with Gasteiger partial charge in [-0.25, -0.2) is 9.78 Å². The number of esters is 1. The highest BCUT2D eigenvalue weighted by Gasteiger charge is 2.14. The summed E-state index contributed by atoms with van der Waals surface area (Å²) in [5.74, 6) is -0.146. The fourth-order valence-electron chi connectivity index (χ4n) is 0.973. The fourth-order valence-corrected chi connectivity index (χ4v) is 0.973. The molecule has 1 aromatic heterocycles. The Kier molecular flexibility index (Phi) is 3.47. The molecule has 0 unspecified atom stereocenters. The molecule has 0 aliphatic carbocycles. The average Bonchev–Trinajstić information content (AvgIpc) is 2.49. The predicted molar refractivity (Wildman–Crippen MR) is 49.7 cm³/mol.